The molecule has 156 valence electrons. The molecule has 30 heavy (non-hydrogen) atoms. The number of ether oxygens (including phenoxy) is 2. The molecule has 6 heteroatoms. The third kappa shape index (κ3) is 5.80. The highest BCUT2D eigenvalue weighted by atomic mass is 19.1. The molecule has 0 aromatic heterocycles. The Bertz CT molecular complexity index is 979. The van der Waals surface area contributed by atoms with Crippen molar-refractivity contribution in [3.63, 3.8) is 0 Å². The number of para-hydroxylation sites is 1. The van der Waals surface area contributed by atoms with Crippen molar-refractivity contribution >= 4 is 11.6 Å². The number of anilines is 1. The number of hydrogen-bond donors (Lipinski definition) is 1. The average molecular weight is 411 g/mol. The number of amides is 1. The number of halogens is 2. The first-order valence-corrected chi connectivity index (χ1v) is 9.61. The van der Waals surface area contributed by atoms with Gasteiger partial charge in [-0.2, -0.15) is 0 Å². The van der Waals surface area contributed by atoms with Crippen LogP contribution in [0.15, 0.2) is 72.8 Å². The van der Waals surface area contributed by atoms with E-state index in [1.165, 1.54) is 18.2 Å². The van der Waals surface area contributed by atoms with Gasteiger partial charge >= 0.3 is 0 Å². The van der Waals surface area contributed by atoms with E-state index in [4.69, 9.17) is 9.47 Å². The molecule has 0 saturated carbocycles. The smallest absolute Gasteiger partial charge is 0.225 e. The molecule has 3 rings (SSSR count). The van der Waals surface area contributed by atoms with E-state index < -0.39 is 12.5 Å². The minimum Gasteiger partial charge on any atom is -0.497 e. The van der Waals surface area contributed by atoms with Gasteiger partial charge in [0.05, 0.1) is 19.5 Å². The summed E-state index contributed by atoms with van der Waals surface area (Å²) in [7, 11) is 1.55. The van der Waals surface area contributed by atoms with E-state index in [9.17, 15) is 13.6 Å². The molecule has 1 N–H and O–H groups in total. The lowest BCUT2D eigenvalue weighted by atomic mass is 9.92. The number of methoxy groups -OCH3 is 1. The third-order valence-electron chi connectivity index (χ3n) is 4.64. The lowest BCUT2D eigenvalue weighted by Gasteiger charge is -2.18. The number of hydrogen-bond acceptors (Lipinski definition) is 3. The summed E-state index contributed by atoms with van der Waals surface area (Å²) in [5.41, 5.74) is 1.02. The van der Waals surface area contributed by atoms with Gasteiger partial charge in [0.15, 0.2) is 5.75 Å². The van der Waals surface area contributed by atoms with Crippen molar-refractivity contribution in [2.75, 3.05) is 19.1 Å². The van der Waals surface area contributed by atoms with Crippen LogP contribution in [0.5, 0.6) is 17.2 Å². The lowest BCUT2D eigenvalue weighted by molar-refractivity contribution is -0.116. The fourth-order valence-corrected chi connectivity index (χ4v) is 3.14. The maximum Gasteiger partial charge on any atom is 0.225 e. The molecular formula is C24H23F2NO3. The Morgan fingerprint density at radius 3 is 2.50 bits per heavy atom. The minimum atomic E-state index is -0.558. The molecule has 0 radical (unpaired) electrons. The average Bonchev–Trinajstić information content (AvgIpc) is 2.76. The Morgan fingerprint density at radius 1 is 1.00 bits per heavy atom. The van der Waals surface area contributed by atoms with Crippen LogP contribution in [0.25, 0.3) is 0 Å². The Balaban J connectivity index is 1.76. The summed E-state index contributed by atoms with van der Waals surface area (Å²) in [5.74, 6) is 0.321. The zero-order valence-corrected chi connectivity index (χ0v) is 16.6. The van der Waals surface area contributed by atoms with Crippen molar-refractivity contribution in [1.82, 2.24) is 0 Å². The van der Waals surface area contributed by atoms with E-state index in [0.717, 1.165) is 5.56 Å². The normalized spacial score (nSPS) is 11.6. The van der Waals surface area contributed by atoms with Gasteiger partial charge < -0.3 is 14.8 Å². The van der Waals surface area contributed by atoms with Crippen LogP contribution >= 0.6 is 0 Å². The second-order valence-corrected chi connectivity index (χ2v) is 6.76. The molecule has 0 aliphatic carbocycles. The van der Waals surface area contributed by atoms with Gasteiger partial charge in [-0.05, 0) is 54.3 Å². The van der Waals surface area contributed by atoms with E-state index in [2.05, 4.69) is 5.32 Å². The van der Waals surface area contributed by atoms with Crippen LogP contribution in [-0.4, -0.2) is 19.7 Å². The molecule has 3 aromatic rings. The van der Waals surface area contributed by atoms with E-state index in [1.54, 1.807) is 37.4 Å². The second kappa shape index (κ2) is 10.4. The second-order valence-electron chi connectivity index (χ2n) is 6.76. The number of carbonyl (C=O) groups excluding carboxylic acids is 1. The summed E-state index contributed by atoms with van der Waals surface area (Å²) in [6, 6.07) is 20.1. The van der Waals surface area contributed by atoms with Crippen molar-refractivity contribution in [3.05, 3.63) is 84.2 Å². The van der Waals surface area contributed by atoms with Gasteiger partial charge in [0.25, 0.3) is 0 Å². The number of nitrogens with one attached hydrogen (secondary N) is 1. The maximum absolute atomic E-state index is 13.8. The highest BCUT2D eigenvalue weighted by molar-refractivity contribution is 5.92. The molecule has 4 nitrogen and oxygen atoms in total. The first kappa shape index (κ1) is 21.3. The molecule has 1 amide bonds. The molecule has 0 bridgehead atoms. The molecule has 0 heterocycles. The zero-order chi connectivity index (χ0) is 21.3. The van der Waals surface area contributed by atoms with Crippen LogP contribution in [0.3, 0.4) is 0 Å². The molecule has 0 saturated heterocycles. The Kier molecular flexibility index (Phi) is 7.38. The molecule has 1 atom stereocenters. The van der Waals surface area contributed by atoms with E-state index in [-0.39, 0.29) is 30.4 Å². The summed E-state index contributed by atoms with van der Waals surface area (Å²) in [4.78, 5) is 12.7. The van der Waals surface area contributed by atoms with E-state index >= 15 is 0 Å². The van der Waals surface area contributed by atoms with Crippen molar-refractivity contribution in [3.8, 4) is 17.2 Å². The fourth-order valence-electron chi connectivity index (χ4n) is 3.14. The lowest BCUT2D eigenvalue weighted by Crippen LogP contribution is -2.17. The quantitative estimate of drug-likeness (QED) is 0.463. The van der Waals surface area contributed by atoms with Crippen LogP contribution in [-0.2, 0) is 4.79 Å². The van der Waals surface area contributed by atoms with Crippen molar-refractivity contribution in [1.29, 1.82) is 0 Å². The monoisotopic (exact) mass is 411 g/mol. The topological polar surface area (TPSA) is 47.6 Å². The van der Waals surface area contributed by atoms with Gasteiger partial charge in [0, 0.05) is 12.5 Å². The third-order valence-corrected chi connectivity index (χ3v) is 4.64. The molecule has 1 unspecified atom stereocenters. The van der Waals surface area contributed by atoms with Crippen molar-refractivity contribution in [2.24, 2.45) is 0 Å². The standard InChI is InChI=1S/C24H23F2NO3/c1-29-21-9-5-6-17(14-21)18(12-13-25)15-24(28)27-22-16-19(26)10-11-23(22)30-20-7-3-2-4-8-20/h2-11,14,16,18H,12-13,15H2,1H3,(H,27,28). The number of benzene rings is 3. The Morgan fingerprint density at radius 2 is 1.77 bits per heavy atom. The molecule has 0 fully saturated rings. The van der Waals surface area contributed by atoms with Crippen LogP contribution in [0.1, 0.15) is 24.3 Å². The van der Waals surface area contributed by atoms with Gasteiger partial charge in [0.2, 0.25) is 5.91 Å². The van der Waals surface area contributed by atoms with Crippen LogP contribution in [0, 0.1) is 5.82 Å². The van der Waals surface area contributed by atoms with Crippen LogP contribution in [0.2, 0.25) is 0 Å². The van der Waals surface area contributed by atoms with Crippen molar-refractivity contribution < 1.29 is 23.0 Å². The largest absolute Gasteiger partial charge is 0.497 e. The van der Waals surface area contributed by atoms with Gasteiger partial charge in [-0.3, -0.25) is 9.18 Å². The Hall–Kier alpha value is -3.41. The van der Waals surface area contributed by atoms with E-state index in [1.807, 2.05) is 24.3 Å². The summed E-state index contributed by atoms with van der Waals surface area (Å²) in [6.07, 6.45) is 0.232. The number of alkyl halides is 1. The van der Waals surface area contributed by atoms with Crippen LogP contribution in [0.4, 0.5) is 14.5 Å². The van der Waals surface area contributed by atoms with Gasteiger partial charge in [-0.15, -0.1) is 0 Å². The molecule has 0 aliphatic rings. The summed E-state index contributed by atoms with van der Waals surface area (Å²) in [6.45, 7) is -0.558. The summed E-state index contributed by atoms with van der Waals surface area (Å²) in [5, 5.41) is 2.70. The SMILES string of the molecule is COc1cccc(C(CCF)CC(=O)Nc2cc(F)ccc2Oc2ccccc2)c1. The maximum atomic E-state index is 13.8. The minimum absolute atomic E-state index is 0.0401. The predicted octanol–water partition coefficient (Wildman–Crippen LogP) is 6.10. The van der Waals surface area contributed by atoms with E-state index in [0.29, 0.717) is 17.2 Å². The molecule has 3 aromatic carbocycles. The van der Waals surface area contributed by atoms with Gasteiger partial charge in [-0.1, -0.05) is 30.3 Å². The number of rotatable bonds is 9. The Labute approximate surface area is 174 Å². The molecule has 0 spiro atoms. The first-order valence-electron chi connectivity index (χ1n) is 9.61. The highest BCUT2D eigenvalue weighted by Gasteiger charge is 2.18. The summed E-state index contributed by atoms with van der Waals surface area (Å²) < 4.78 is 37.9. The number of carbonyl (C=O) groups is 1. The summed E-state index contributed by atoms with van der Waals surface area (Å²) >= 11 is 0. The van der Waals surface area contributed by atoms with Crippen LogP contribution < -0.4 is 14.8 Å². The molecular weight excluding hydrogens is 388 g/mol. The highest BCUT2D eigenvalue weighted by Crippen LogP contribution is 2.32. The fraction of sp³-hybridized carbons (Fsp3) is 0.208. The predicted molar refractivity (Wildman–Crippen MR) is 112 cm³/mol. The first-order chi connectivity index (χ1) is 14.6. The van der Waals surface area contributed by atoms with Gasteiger partial charge in [-0.25, -0.2) is 4.39 Å². The molecule has 0 aliphatic heterocycles. The van der Waals surface area contributed by atoms with Crippen molar-refractivity contribution in [2.45, 2.75) is 18.8 Å². The van der Waals surface area contributed by atoms with Gasteiger partial charge in [0.1, 0.15) is 17.3 Å². The zero-order valence-electron chi connectivity index (χ0n) is 16.6.